The Morgan fingerprint density at radius 1 is 1.36 bits per heavy atom. The van der Waals surface area contributed by atoms with E-state index >= 15 is 0 Å². The second-order valence-electron chi connectivity index (χ2n) is 9.02. The van der Waals surface area contributed by atoms with Crippen molar-refractivity contribution in [3.63, 3.8) is 0 Å². The number of phenols is 1. The minimum absolute atomic E-state index is 0.00412. The Morgan fingerprint density at radius 2 is 2.18 bits per heavy atom. The van der Waals surface area contributed by atoms with Crippen LogP contribution in [-0.2, 0) is 0 Å². The monoisotopic (exact) mass is 466 g/mol. The molecule has 7 nitrogen and oxygen atoms in total. The van der Waals surface area contributed by atoms with Crippen molar-refractivity contribution < 1.29 is 9.50 Å². The summed E-state index contributed by atoms with van der Waals surface area (Å²) in [5.74, 6) is 0.787. The largest absolute Gasteiger partial charge is 0.507 e. The fourth-order valence-corrected chi connectivity index (χ4v) is 5.40. The predicted molar refractivity (Wildman–Crippen MR) is 127 cm³/mol. The highest BCUT2D eigenvalue weighted by Gasteiger charge is 2.39. The number of thiazole rings is 1. The molecule has 33 heavy (non-hydrogen) atoms. The highest BCUT2D eigenvalue weighted by molar-refractivity contribution is 7.13. The standard InChI is InChI=1S/C24H27FN6OS/c1-4-8-24(2)9-7-18(25)19(11-24)31(3)21-13-27-22(30-29-21)17-6-5-15(10-20(17)32)23-28-16(12-26)14-33-23/h5-6,10,13-14,18-19,32H,4,7-9,11H2,1-3H3/t18-,19+,24+/m0/s1. The number of aromatic hydroxyl groups is 1. The van der Waals surface area contributed by atoms with Gasteiger partial charge in [-0.2, -0.15) is 5.26 Å². The average Bonchev–Trinajstić information content (AvgIpc) is 3.30. The molecule has 0 amide bonds. The van der Waals surface area contributed by atoms with Crippen LogP contribution in [0.4, 0.5) is 10.2 Å². The molecular formula is C24H27FN6OS. The Labute approximate surface area is 197 Å². The van der Waals surface area contributed by atoms with Crippen molar-refractivity contribution >= 4 is 17.2 Å². The lowest BCUT2D eigenvalue weighted by molar-refractivity contribution is 0.102. The van der Waals surface area contributed by atoms with Gasteiger partial charge in [-0.15, -0.1) is 21.5 Å². The lowest BCUT2D eigenvalue weighted by atomic mass is 9.70. The van der Waals surface area contributed by atoms with Gasteiger partial charge in [-0.3, -0.25) is 0 Å². The number of aromatic nitrogens is 4. The van der Waals surface area contributed by atoms with Crippen molar-refractivity contribution in [2.75, 3.05) is 11.9 Å². The molecule has 3 atom stereocenters. The number of halogens is 1. The molecule has 0 spiro atoms. The molecule has 1 aliphatic rings. The summed E-state index contributed by atoms with van der Waals surface area (Å²) in [6, 6.07) is 6.81. The Balaban J connectivity index is 1.52. The first-order valence-electron chi connectivity index (χ1n) is 11.1. The Morgan fingerprint density at radius 3 is 2.82 bits per heavy atom. The summed E-state index contributed by atoms with van der Waals surface area (Å²) in [5, 5.41) is 30.3. The van der Waals surface area contributed by atoms with Crippen molar-refractivity contribution in [3.05, 3.63) is 35.5 Å². The molecular weight excluding hydrogens is 439 g/mol. The Bertz CT molecular complexity index is 1160. The number of hydrogen-bond donors (Lipinski definition) is 1. The molecule has 1 N–H and O–H groups in total. The van der Waals surface area contributed by atoms with Gasteiger partial charge in [-0.1, -0.05) is 26.3 Å². The van der Waals surface area contributed by atoms with E-state index in [0.29, 0.717) is 34.1 Å². The van der Waals surface area contributed by atoms with E-state index in [1.807, 2.05) is 18.0 Å². The quantitative estimate of drug-likeness (QED) is 0.521. The minimum atomic E-state index is -0.912. The van der Waals surface area contributed by atoms with Crippen molar-refractivity contribution in [2.24, 2.45) is 5.41 Å². The lowest BCUT2D eigenvalue weighted by Gasteiger charge is -2.43. The number of nitrogens with zero attached hydrogens (tertiary/aromatic N) is 6. The topological polar surface area (TPSA) is 98.8 Å². The maximum Gasteiger partial charge on any atom is 0.185 e. The third-order valence-electron chi connectivity index (χ3n) is 6.51. The van der Waals surface area contributed by atoms with Gasteiger partial charge in [-0.05, 0) is 43.2 Å². The zero-order valence-electron chi connectivity index (χ0n) is 19.0. The summed E-state index contributed by atoms with van der Waals surface area (Å²) in [5.41, 5.74) is 1.62. The zero-order valence-corrected chi connectivity index (χ0v) is 19.8. The van der Waals surface area contributed by atoms with Crippen LogP contribution in [0.2, 0.25) is 0 Å². The van der Waals surface area contributed by atoms with E-state index in [1.165, 1.54) is 11.3 Å². The van der Waals surface area contributed by atoms with Gasteiger partial charge in [-0.25, -0.2) is 14.4 Å². The van der Waals surface area contributed by atoms with Crippen molar-refractivity contribution in [1.82, 2.24) is 20.2 Å². The number of rotatable bonds is 6. The van der Waals surface area contributed by atoms with Gasteiger partial charge in [0, 0.05) is 18.0 Å². The molecule has 9 heteroatoms. The first-order valence-corrected chi connectivity index (χ1v) is 12.0. The molecule has 4 rings (SSSR count). The average molecular weight is 467 g/mol. The predicted octanol–water partition coefficient (Wildman–Crippen LogP) is 5.37. The lowest BCUT2D eigenvalue weighted by Crippen LogP contribution is -2.47. The van der Waals surface area contributed by atoms with Crippen LogP contribution in [0.1, 0.15) is 51.6 Å². The molecule has 0 saturated heterocycles. The minimum Gasteiger partial charge on any atom is -0.507 e. The second-order valence-corrected chi connectivity index (χ2v) is 9.88. The molecule has 1 fully saturated rings. The fourth-order valence-electron chi connectivity index (χ4n) is 4.66. The molecule has 1 saturated carbocycles. The molecule has 172 valence electrons. The molecule has 1 aromatic carbocycles. The maximum atomic E-state index is 14.8. The first-order chi connectivity index (χ1) is 15.8. The van der Waals surface area contributed by atoms with E-state index in [0.717, 1.165) is 25.7 Å². The third kappa shape index (κ3) is 4.81. The molecule has 0 radical (unpaired) electrons. The first kappa shape index (κ1) is 23.1. The molecule has 1 aliphatic carbocycles. The molecule has 3 aromatic rings. The fraction of sp³-hybridized carbons (Fsp3) is 0.458. The van der Waals surface area contributed by atoms with Gasteiger partial charge in [0.05, 0.1) is 17.8 Å². The van der Waals surface area contributed by atoms with Crippen LogP contribution in [0.25, 0.3) is 22.0 Å². The van der Waals surface area contributed by atoms with Crippen LogP contribution in [0.3, 0.4) is 0 Å². The summed E-state index contributed by atoms with van der Waals surface area (Å²) in [4.78, 5) is 10.4. The molecule has 0 bridgehead atoms. The SMILES string of the molecule is CCC[C@]1(C)CC[C@H](F)[C@H](N(C)c2cnc(-c3ccc(-c4nc(C#N)cs4)cc3O)nn2)C1. The third-order valence-corrected chi connectivity index (χ3v) is 7.40. The number of nitriles is 1. The van der Waals surface area contributed by atoms with Gasteiger partial charge in [0.15, 0.2) is 17.3 Å². The zero-order chi connectivity index (χ0) is 23.6. The van der Waals surface area contributed by atoms with E-state index in [2.05, 4.69) is 34.0 Å². The number of hydrogen-bond acceptors (Lipinski definition) is 8. The molecule has 2 aromatic heterocycles. The maximum absolute atomic E-state index is 14.8. The van der Waals surface area contributed by atoms with E-state index in [4.69, 9.17) is 5.26 Å². The number of benzene rings is 1. The van der Waals surface area contributed by atoms with Crippen LogP contribution < -0.4 is 4.90 Å². The van der Waals surface area contributed by atoms with E-state index in [1.54, 1.807) is 29.8 Å². The van der Waals surface area contributed by atoms with Crippen LogP contribution >= 0.6 is 11.3 Å². The highest BCUT2D eigenvalue weighted by atomic mass is 32.1. The van der Waals surface area contributed by atoms with E-state index in [-0.39, 0.29) is 23.0 Å². The number of alkyl halides is 1. The van der Waals surface area contributed by atoms with Gasteiger partial charge in [0.1, 0.15) is 23.0 Å². The van der Waals surface area contributed by atoms with Crippen molar-refractivity contribution in [1.29, 1.82) is 5.26 Å². The van der Waals surface area contributed by atoms with Crippen LogP contribution in [0, 0.1) is 16.7 Å². The van der Waals surface area contributed by atoms with Crippen LogP contribution in [0.15, 0.2) is 29.8 Å². The number of anilines is 1. The number of phenolic OH excluding ortho intramolecular Hbond substituents is 1. The van der Waals surface area contributed by atoms with Gasteiger partial charge < -0.3 is 10.0 Å². The van der Waals surface area contributed by atoms with Crippen LogP contribution in [0.5, 0.6) is 5.75 Å². The highest BCUT2D eigenvalue weighted by Crippen LogP contribution is 2.43. The van der Waals surface area contributed by atoms with Gasteiger partial charge in [0.25, 0.3) is 0 Å². The molecule has 0 aliphatic heterocycles. The smallest absolute Gasteiger partial charge is 0.185 e. The molecule has 0 unspecified atom stereocenters. The van der Waals surface area contributed by atoms with Gasteiger partial charge >= 0.3 is 0 Å². The second kappa shape index (κ2) is 9.40. The molecule has 2 heterocycles. The van der Waals surface area contributed by atoms with Crippen molar-refractivity contribution in [3.8, 4) is 33.8 Å². The summed E-state index contributed by atoms with van der Waals surface area (Å²) in [6.45, 7) is 4.41. The van der Waals surface area contributed by atoms with E-state index < -0.39 is 6.17 Å². The van der Waals surface area contributed by atoms with Crippen molar-refractivity contribution in [2.45, 2.75) is 58.2 Å². The van der Waals surface area contributed by atoms with Gasteiger partial charge in [0.2, 0.25) is 0 Å². The summed E-state index contributed by atoms with van der Waals surface area (Å²) in [6.07, 6.45) is 5.07. The Hall–Kier alpha value is -3.12. The summed E-state index contributed by atoms with van der Waals surface area (Å²) >= 11 is 1.33. The summed E-state index contributed by atoms with van der Waals surface area (Å²) < 4.78 is 14.8. The van der Waals surface area contributed by atoms with E-state index in [9.17, 15) is 9.50 Å². The normalized spacial score (nSPS) is 22.6. The van der Waals surface area contributed by atoms with Crippen LogP contribution in [-0.4, -0.2) is 44.5 Å². The summed E-state index contributed by atoms with van der Waals surface area (Å²) in [7, 11) is 1.84. The Kier molecular flexibility index (Phi) is 6.56.